The lowest BCUT2D eigenvalue weighted by molar-refractivity contribution is -0.121. The first-order chi connectivity index (χ1) is 18.9. The van der Waals surface area contributed by atoms with Crippen LogP contribution in [0.15, 0.2) is 78.0 Å². The topological polar surface area (TPSA) is 77.1 Å². The van der Waals surface area contributed by atoms with Gasteiger partial charge in [-0.2, -0.15) is 0 Å². The molecule has 0 aromatic heterocycles. The number of carbonyl (C=O) groups excluding carboxylic acids is 2. The lowest BCUT2D eigenvalue weighted by Crippen LogP contribution is -2.40. The smallest absolute Gasteiger partial charge is 0.230 e. The fourth-order valence-corrected chi connectivity index (χ4v) is 5.65. The van der Waals surface area contributed by atoms with E-state index in [1.54, 1.807) is 26.2 Å². The summed E-state index contributed by atoms with van der Waals surface area (Å²) in [5.41, 5.74) is 4.74. The molecule has 2 atom stereocenters. The van der Waals surface area contributed by atoms with Crippen molar-refractivity contribution >= 4 is 23.1 Å². The van der Waals surface area contributed by atoms with Crippen molar-refractivity contribution < 1.29 is 23.8 Å². The highest BCUT2D eigenvalue weighted by Gasteiger charge is 2.42. The van der Waals surface area contributed by atoms with Crippen LogP contribution in [0.25, 0.3) is 0 Å². The van der Waals surface area contributed by atoms with Crippen molar-refractivity contribution in [3.8, 4) is 17.2 Å². The number of nitrogens with zero attached hydrogens (tertiary/aromatic N) is 1. The van der Waals surface area contributed by atoms with Gasteiger partial charge in [0.2, 0.25) is 11.7 Å². The second-order valence-electron chi connectivity index (χ2n) is 10.2. The standard InChI is InChI=1S/C32H34N2O5/c1-19(2)32(36)34-25-14-10-9-13-23(25)33-24-15-21(20-11-7-6-8-12-20)16-26(35)29(24)30(34)22-17-27(37-3)31(39-5)28(18-22)38-4/h6-14,17-19,21,30,33H,15-16H2,1-5H3/t21-,30+/m0/s1. The van der Waals surface area contributed by atoms with Gasteiger partial charge in [0.05, 0.1) is 38.7 Å². The Bertz CT molecular complexity index is 1400. The Balaban J connectivity index is 1.78. The predicted molar refractivity (Wildman–Crippen MR) is 152 cm³/mol. The van der Waals surface area contributed by atoms with Crippen LogP contribution in [0.1, 0.15) is 49.8 Å². The van der Waals surface area contributed by atoms with Gasteiger partial charge in [-0.1, -0.05) is 56.3 Å². The van der Waals surface area contributed by atoms with Gasteiger partial charge >= 0.3 is 0 Å². The molecule has 0 spiro atoms. The van der Waals surface area contributed by atoms with Gasteiger partial charge in [-0.25, -0.2) is 0 Å². The zero-order valence-electron chi connectivity index (χ0n) is 23.0. The van der Waals surface area contributed by atoms with E-state index in [9.17, 15) is 9.59 Å². The molecular formula is C32H34N2O5. The third kappa shape index (κ3) is 4.73. The molecule has 5 rings (SSSR count). The second-order valence-corrected chi connectivity index (χ2v) is 10.2. The summed E-state index contributed by atoms with van der Waals surface area (Å²) in [4.78, 5) is 29.9. The normalized spacial score (nSPS) is 18.6. The summed E-state index contributed by atoms with van der Waals surface area (Å²) in [7, 11) is 4.67. The first kappa shape index (κ1) is 26.4. The van der Waals surface area contributed by atoms with Gasteiger partial charge < -0.3 is 19.5 Å². The number of hydrogen-bond donors (Lipinski definition) is 1. The Morgan fingerprint density at radius 3 is 2.13 bits per heavy atom. The zero-order valence-corrected chi connectivity index (χ0v) is 23.0. The minimum absolute atomic E-state index is 0.00529. The van der Waals surface area contributed by atoms with Crippen molar-refractivity contribution in [2.75, 3.05) is 31.5 Å². The summed E-state index contributed by atoms with van der Waals surface area (Å²) in [6.07, 6.45) is 0.996. The quantitative estimate of drug-likeness (QED) is 0.408. The van der Waals surface area contributed by atoms with Crippen LogP contribution in [0.5, 0.6) is 17.2 Å². The summed E-state index contributed by atoms with van der Waals surface area (Å²) in [5, 5.41) is 3.57. The average Bonchev–Trinajstić information content (AvgIpc) is 3.10. The maximum atomic E-state index is 14.1. The van der Waals surface area contributed by atoms with E-state index in [1.807, 2.05) is 68.4 Å². The summed E-state index contributed by atoms with van der Waals surface area (Å²) in [5.74, 6) is 1.01. The van der Waals surface area contributed by atoms with Crippen LogP contribution in [0, 0.1) is 5.92 Å². The van der Waals surface area contributed by atoms with E-state index >= 15 is 0 Å². The van der Waals surface area contributed by atoms with Crippen molar-refractivity contribution in [3.05, 3.63) is 89.1 Å². The second kappa shape index (κ2) is 10.8. The molecule has 7 heteroatoms. The number of nitrogens with one attached hydrogen (secondary N) is 1. The van der Waals surface area contributed by atoms with Crippen molar-refractivity contribution in [3.63, 3.8) is 0 Å². The molecule has 3 aromatic carbocycles. The van der Waals surface area contributed by atoms with Crippen LogP contribution < -0.4 is 24.4 Å². The number of rotatable bonds is 6. The Labute approximate surface area is 229 Å². The number of methoxy groups -OCH3 is 3. The van der Waals surface area contributed by atoms with Gasteiger partial charge in [0, 0.05) is 23.6 Å². The molecule has 0 unspecified atom stereocenters. The number of ether oxygens (including phenoxy) is 3. The van der Waals surface area contributed by atoms with E-state index in [-0.39, 0.29) is 23.5 Å². The molecule has 0 bridgehead atoms. The number of carbonyl (C=O) groups is 2. The lowest BCUT2D eigenvalue weighted by atomic mass is 9.78. The first-order valence-electron chi connectivity index (χ1n) is 13.2. The van der Waals surface area contributed by atoms with E-state index in [4.69, 9.17) is 14.2 Å². The number of allylic oxidation sites excluding steroid dienone is 1. The number of Topliss-reactive ketones (excluding diaryl/α,β-unsaturated/α-hetero) is 1. The number of hydrogen-bond acceptors (Lipinski definition) is 6. The fraction of sp³-hybridized carbons (Fsp3) is 0.312. The Morgan fingerprint density at radius 2 is 1.51 bits per heavy atom. The van der Waals surface area contributed by atoms with Crippen molar-refractivity contribution in [2.45, 2.75) is 38.6 Å². The van der Waals surface area contributed by atoms with Crippen LogP contribution >= 0.6 is 0 Å². The number of benzene rings is 3. The number of amides is 1. The zero-order chi connectivity index (χ0) is 27.7. The summed E-state index contributed by atoms with van der Waals surface area (Å²) >= 11 is 0. The van der Waals surface area contributed by atoms with Crippen LogP contribution in [-0.2, 0) is 9.59 Å². The molecule has 0 fully saturated rings. The molecule has 1 aliphatic carbocycles. The third-order valence-electron chi connectivity index (χ3n) is 7.49. The maximum absolute atomic E-state index is 14.1. The van der Waals surface area contributed by atoms with E-state index in [0.717, 1.165) is 16.9 Å². The Hall–Kier alpha value is -4.26. The van der Waals surface area contributed by atoms with E-state index < -0.39 is 6.04 Å². The first-order valence-corrected chi connectivity index (χ1v) is 13.2. The minimum Gasteiger partial charge on any atom is -0.493 e. The molecule has 1 aliphatic heterocycles. The van der Waals surface area contributed by atoms with Crippen LogP contribution in [-0.4, -0.2) is 33.0 Å². The highest BCUT2D eigenvalue weighted by Crippen LogP contribution is 2.50. The molecule has 2 aliphatic rings. The van der Waals surface area contributed by atoms with Gasteiger partial charge in [-0.15, -0.1) is 0 Å². The number of anilines is 2. The molecule has 0 saturated carbocycles. The number of para-hydroxylation sites is 2. The molecule has 1 heterocycles. The fourth-order valence-electron chi connectivity index (χ4n) is 5.65. The minimum atomic E-state index is -0.691. The van der Waals surface area contributed by atoms with Gasteiger partial charge in [-0.3, -0.25) is 14.5 Å². The maximum Gasteiger partial charge on any atom is 0.230 e. The molecule has 0 radical (unpaired) electrons. The van der Waals surface area contributed by atoms with Gasteiger partial charge in [0.1, 0.15) is 0 Å². The highest BCUT2D eigenvalue weighted by molar-refractivity contribution is 6.07. The molecule has 7 nitrogen and oxygen atoms in total. The van der Waals surface area contributed by atoms with Gasteiger partial charge in [-0.05, 0) is 47.7 Å². The molecule has 3 aromatic rings. The van der Waals surface area contributed by atoms with Crippen molar-refractivity contribution in [1.29, 1.82) is 0 Å². The molecule has 39 heavy (non-hydrogen) atoms. The molecule has 0 saturated heterocycles. The Kier molecular flexibility index (Phi) is 7.33. The predicted octanol–water partition coefficient (Wildman–Crippen LogP) is 6.27. The van der Waals surface area contributed by atoms with Crippen LogP contribution in [0.4, 0.5) is 11.4 Å². The molecular weight excluding hydrogens is 492 g/mol. The molecule has 1 amide bonds. The summed E-state index contributed by atoms with van der Waals surface area (Å²) in [6, 6.07) is 20.8. The summed E-state index contributed by atoms with van der Waals surface area (Å²) < 4.78 is 16.9. The van der Waals surface area contributed by atoms with E-state index in [0.29, 0.717) is 46.9 Å². The van der Waals surface area contributed by atoms with Crippen molar-refractivity contribution in [1.82, 2.24) is 0 Å². The monoisotopic (exact) mass is 526 g/mol. The van der Waals surface area contributed by atoms with Crippen LogP contribution in [0.3, 0.4) is 0 Å². The largest absolute Gasteiger partial charge is 0.493 e. The summed E-state index contributed by atoms with van der Waals surface area (Å²) in [6.45, 7) is 3.75. The average molecular weight is 527 g/mol. The van der Waals surface area contributed by atoms with E-state index in [1.165, 1.54) is 0 Å². The molecule has 202 valence electrons. The van der Waals surface area contributed by atoms with Gasteiger partial charge in [0.15, 0.2) is 17.3 Å². The third-order valence-corrected chi connectivity index (χ3v) is 7.49. The SMILES string of the molecule is COc1cc([C@@H]2C3=C(C[C@H](c4ccccc4)CC3=O)Nc3ccccc3N2C(=O)C(C)C)cc(OC)c1OC. The van der Waals surface area contributed by atoms with E-state index in [2.05, 4.69) is 17.4 Å². The Morgan fingerprint density at radius 1 is 0.872 bits per heavy atom. The number of fused-ring (bicyclic) bond motifs is 1. The van der Waals surface area contributed by atoms with Crippen LogP contribution in [0.2, 0.25) is 0 Å². The lowest BCUT2D eigenvalue weighted by Gasteiger charge is -2.36. The van der Waals surface area contributed by atoms with Gasteiger partial charge in [0.25, 0.3) is 0 Å². The highest BCUT2D eigenvalue weighted by atomic mass is 16.5. The van der Waals surface area contributed by atoms with Crippen molar-refractivity contribution in [2.24, 2.45) is 5.92 Å². The molecule has 1 N–H and O–H groups in total. The number of ketones is 1.